The minimum atomic E-state index is -0.329. The van der Waals surface area contributed by atoms with Crippen LogP contribution in [0.2, 0.25) is 0 Å². The van der Waals surface area contributed by atoms with Gasteiger partial charge in [-0.1, -0.05) is 113 Å². The molecule has 0 spiro atoms. The molecule has 38 heavy (non-hydrogen) atoms. The molecule has 2 aliphatic rings. The van der Waals surface area contributed by atoms with Crippen LogP contribution >= 0.6 is 0 Å². The lowest BCUT2D eigenvalue weighted by atomic mass is 9.81. The first-order valence-electron chi connectivity index (χ1n) is 14.7. The lowest BCUT2D eigenvalue weighted by Gasteiger charge is -2.39. The van der Waals surface area contributed by atoms with Crippen LogP contribution in [0.25, 0.3) is 0 Å². The van der Waals surface area contributed by atoms with Gasteiger partial charge in [-0.3, -0.25) is 4.90 Å². The van der Waals surface area contributed by atoms with Gasteiger partial charge in [-0.2, -0.15) is 0 Å². The van der Waals surface area contributed by atoms with Crippen molar-refractivity contribution < 1.29 is 9.84 Å². The van der Waals surface area contributed by atoms with Crippen molar-refractivity contribution in [3.63, 3.8) is 0 Å². The van der Waals surface area contributed by atoms with Gasteiger partial charge >= 0.3 is 0 Å². The van der Waals surface area contributed by atoms with Gasteiger partial charge in [0.1, 0.15) is 6.10 Å². The van der Waals surface area contributed by atoms with Crippen LogP contribution in [-0.2, 0) is 11.2 Å². The molecule has 0 amide bonds. The highest BCUT2D eigenvalue weighted by Crippen LogP contribution is 2.35. The molecule has 0 radical (unpaired) electrons. The van der Waals surface area contributed by atoms with Crippen LogP contribution in [0.3, 0.4) is 0 Å². The molecule has 1 N–H and O–H groups in total. The minimum absolute atomic E-state index is 0.0284. The van der Waals surface area contributed by atoms with Crippen LogP contribution in [-0.4, -0.2) is 60.8 Å². The molecule has 0 aromatic heterocycles. The van der Waals surface area contributed by atoms with E-state index in [1.54, 1.807) is 0 Å². The highest BCUT2D eigenvalue weighted by molar-refractivity contribution is 5.32. The molecule has 0 bridgehead atoms. The molecule has 3 aromatic rings. The van der Waals surface area contributed by atoms with E-state index in [4.69, 9.17) is 4.74 Å². The molecule has 2 atom stereocenters. The van der Waals surface area contributed by atoms with Crippen molar-refractivity contribution in [1.82, 2.24) is 9.80 Å². The van der Waals surface area contributed by atoms with Gasteiger partial charge in [0.2, 0.25) is 0 Å². The number of aliphatic hydroxyl groups excluding tert-OH is 1. The van der Waals surface area contributed by atoms with E-state index in [1.165, 1.54) is 16.7 Å². The van der Waals surface area contributed by atoms with Crippen LogP contribution in [0.5, 0.6) is 0 Å². The van der Waals surface area contributed by atoms with Crippen molar-refractivity contribution in [3.05, 3.63) is 107 Å². The summed E-state index contributed by atoms with van der Waals surface area (Å²) in [5.74, 6) is 0.335. The normalized spacial score (nSPS) is 19.5. The Morgan fingerprint density at radius 2 is 1.26 bits per heavy atom. The first-order valence-corrected chi connectivity index (χ1v) is 14.7. The van der Waals surface area contributed by atoms with Crippen LogP contribution in [0, 0.1) is 5.92 Å². The van der Waals surface area contributed by atoms with E-state index in [1.807, 2.05) is 33.8 Å². The van der Waals surface area contributed by atoms with Crippen LogP contribution in [0.15, 0.2) is 84.9 Å². The van der Waals surface area contributed by atoms with Gasteiger partial charge in [-0.05, 0) is 35.1 Å². The Bertz CT molecular complexity index is 979. The third kappa shape index (κ3) is 8.25. The van der Waals surface area contributed by atoms with Crippen molar-refractivity contribution >= 4 is 0 Å². The lowest BCUT2D eigenvalue weighted by molar-refractivity contribution is 0.0286. The molecule has 4 heteroatoms. The van der Waals surface area contributed by atoms with Crippen LogP contribution in [0.1, 0.15) is 68.6 Å². The van der Waals surface area contributed by atoms with Crippen LogP contribution in [0.4, 0.5) is 0 Å². The van der Waals surface area contributed by atoms with E-state index < -0.39 is 0 Å². The summed E-state index contributed by atoms with van der Waals surface area (Å²) in [6.45, 7) is 14.9. The summed E-state index contributed by atoms with van der Waals surface area (Å²) in [7, 11) is 0. The van der Waals surface area contributed by atoms with E-state index in [9.17, 15) is 5.11 Å². The number of aryl methyl sites for hydroxylation is 1. The molecule has 3 aromatic carbocycles. The molecular formula is C34H48N2O2. The Balaban J connectivity index is 0.000000956. The zero-order chi connectivity index (χ0) is 27.2. The first-order chi connectivity index (χ1) is 18.8. The maximum absolute atomic E-state index is 10.9. The van der Waals surface area contributed by atoms with Crippen molar-refractivity contribution in [2.75, 3.05) is 45.9 Å². The number of aliphatic hydroxyl groups is 1. The molecule has 1 aliphatic carbocycles. The van der Waals surface area contributed by atoms with Gasteiger partial charge in [0.15, 0.2) is 0 Å². The molecule has 1 saturated heterocycles. The summed E-state index contributed by atoms with van der Waals surface area (Å²) in [6.07, 6.45) is 1.80. The Kier molecular flexibility index (Phi) is 13.0. The number of hydrogen-bond acceptors (Lipinski definition) is 4. The molecule has 0 saturated carbocycles. The second kappa shape index (κ2) is 16.5. The highest BCUT2D eigenvalue weighted by Gasteiger charge is 2.30. The smallest absolute Gasteiger partial charge is 0.108 e. The number of fused-ring (bicyclic) bond motifs is 1. The van der Waals surface area contributed by atoms with E-state index in [2.05, 4.69) is 88.7 Å². The maximum atomic E-state index is 10.9. The average molecular weight is 517 g/mol. The van der Waals surface area contributed by atoms with E-state index in [0.717, 1.165) is 57.7 Å². The van der Waals surface area contributed by atoms with Gasteiger partial charge in [-0.25, -0.2) is 0 Å². The summed E-state index contributed by atoms with van der Waals surface area (Å²) in [5.41, 5.74) is 4.86. The topological polar surface area (TPSA) is 35.9 Å². The largest absolute Gasteiger partial charge is 0.388 e. The summed E-state index contributed by atoms with van der Waals surface area (Å²) >= 11 is 0. The van der Waals surface area contributed by atoms with Crippen molar-refractivity contribution in [1.29, 1.82) is 0 Å². The third-order valence-electron chi connectivity index (χ3n) is 7.46. The van der Waals surface area contributed by atoms with Gasteiger partial charge in [0.25, 0.3) is 0 Å². The fourth-order valence-electron chi connectivity index (χ4n) is 5.46. The molecule has 1 fully saturated rings. The molecule has 5 rings (SSSR count). The van der Waals surface area contributed by atoms with Gasteiger partial charge in [0, 0.05) is 45.2 Å². The predicted octanol–water partition coefficient (Wildman–Crippen LogP) is 6.76. The van der Waals surface area contributed by atoms with Crippen LogP contribution < -0.4 is 0 Å². The maximum Gasteiger partial charge on any atom is 0.108 e. The summed E-state index contributed by atoms with van der Waals surface area (Å²) in [4.78, 5) is 5.05. The van der Waals surface area contributed by atoms with E-state index >= 15 is 0 Å². The molecular weight excluding hydrogens is 468 g/mol. The predicted molar refractivity (Wildman–Crippen MR) is 159 cm³/mol. The Morgan fingerprint density at radius 1 is 0.737 bits per heavy atom. The number of nitrogens with zero attached hydrogens (tertiary/aromatic N) is 2. The van der Waals surface area contributed by atoms with Gasteiger partial charge < -0.3 is 14.7 Å². The fourth-order valence-corrected chi connectivity index (χ4v) is 5.46. The lowest BCUT2D eigenvalue weighted by Crippen LogP contribution is -2.49. The number of hydrogen-bond donors (Lipinski definition) is 1. The first kappa shape index (κ1) is 30.0. The van der Waals surface area contributed by atoms with Crippen molar-refractivity contribution in [3.8, 4) is 0 Å². The molecule has 4 nitrogen and oxygen atoms in total. The molecule has 1 aliphatic heterocycles. The van der Waals surface area contributed by atoms with E-state index in [0.29, 0.717) is 12.5 Å². The fraction of sp³-hybridized carbons (Fsp3) is 0.471. The Morgan fingerprint density at radius 3 is 1.87 bits per heavy atom. The summed E-state index contributed by atoms with van der Waals surface area (Å²) < 4.78 is 6.42. The Hall–Kier alpha value is -2.50. The standard InChI is InChI=1S/C30H36N2O2.2C2H6/c33-29-27(16-15-24-9-7-8-14-28(24)29)23-32-19-17-31(18-20-32)21-22-34-30(25-10-3-1-4-11-25)26-12-5-2-6-13-26;2*1-2/h1-14,27,29-30,33H,15-23H2;2*1-2H3/t27?,29-;;/m1../s1. The second-order valence-electron chi connectivity index (χ2n) is 9.66. The zero-order valence-corrected chi connectivity index (χ0v) is 23.9. The summed E-state index contributed by atoms with van der Waals surface area (Å²) in [6, 6.07) is 29.4. The average Bonchev–Trinajstić information content (AvgIpc) is 3.01. The SMILES string of the molecule is CC.CC.O[C@H]1c2ccccc2CCC1CN1CCN(CCOC(c2ccccc2)c2ccccc2)CC1. The molecule has 1 heterocycles. The monoisotopic (exact) mass is 516 g/mol. The Labute approximate surface area is 231 Å². The van der Waals surface area contributed by atoms with Gasteiger partial charge in [-0.15, -0.1) is 0 Å². The second-order valence-corrected chi connectivity index (χ2v) is 9.66. The third-order valence-corrected chi connectivity index (χ3v) is 7.46. The van der Waals surface area contributed by atoms with Crippen molar-refractivity contribution in [2.45, 2.75) is 52.7 Å². The van der Waals surface area contributed by atoms with E-state index in [-0.39, 0.29) is 12.2 Å². The highest BCUT2D eigenvalue weighted by atomic mass is 16.5. The molecule has 206 valence electrons. The summed E-state index contributed by atoms with van der Waals surface area (Å²) in [5, 5.41) is 10.9. The minimum Gasteiger partial charge on any atom is -0.388 e. The zero-order valence-electron chi connectivity index (χ0n) is 23.9. The quantitative estimate of drug-likeness (QED) is 0.359. The van der Waals surface area contributed by atoms with Gasteiger partial charge in [0.05, 0.1) is 12.7 Å². The number of rotatable bonds is 8. The number of benzene rings is 3. The molecule has 1 unspecified atom stereocenters. The number of piperazine rings is 1. The van der Waals surface area contributed by atoms with Crippen molar-refractivity contribution in [2.24, 2.45) is 5.92 Å². The number of ether oxygens (including phenoxy) is 1.